The van der Waals surface area contributed by atoms with Crippen molar-refractivity contribution in [2.75, 3.05) is 12.8 Å². The van der Waals surface area contributed by atoms with Gasteiger partial charge in [0.15, 0.2) is 7.37 Å². The summed E-state index contributed by atoms with van der Waals surface area (Å²) in [5.74, 6) is -0.333. The highest BCUT2D eigenvalue weighted by atomic mass is 31.2. The molecule has 28 heavy (non-hydrogen) atoms. The van der Waals surface area contributed by atoms with Crippen LogP contribution < -0.4 is 0 Å². The van der Waals surface area contributed by atoms with E-state index in [0.29, 0.717) is 31.8 Å². The number of aliphatic hydroxyl groups excluding tert-OH is 2. The Morgan fingerprint density at radius 2 is 2.00 bits per heavy atom. The molecule has 0 spiro atoms. The number of Topliss-reactive ketones (excluding diaryl/α,β-unsaturated/α-hetero) is 1. The lowest BCUT2D eigenvalue weighted by molar-refractivity contribution is -0.121. The normalized spacial score (nSPS) is 30.6. The molecule has 0 saturated heterocycles. The van der Waals surface area contributed by atoms with E-state index in [-0.39, 0.29) is 35.6 Å². The standard InChI is InChI=1S/C22H37O5P/c1-3-22(13-9-14-22)21(25)12-8-11-18-17(19(23)16-20(18)24)10-6-4-5-7-15-28(2,26)27/h4,6,8,11,17-18,20-21,24-25H,3,5,7,9-10,12-16H2,1-2H3,(H,26,27)/b6-4+,11-8+. The van der Waals surface area contributed by atoms with E-state index in [1.807, 2.05) is 24.3 Å². The first-order valence-electron chi connectivity index (χ1n) is 10.7. The van der Waals surface area contributed by atoms with Gasteiger partial charge in [0.2, 0.25) is 0 Å². The van der Waals surface area contributed by atoms with Crippen LogP contribution in [0.3, 0.4) is 0 Å². The first-order chi connectivity index (χ1) is 13.2. The molecule has 2 aliphatic rings. The van der Waals surface area contributed by atoms with Crippen molar-refractivity contribution in [2.45, 2.75) is 76.9 Å². The minimum atomic E-state index is -2.95. The zero-order chi connectivity index (χ0) is 20.8. The van der Waals surface area contributed by atoms with E-state index in [4.69, 9.17) is 0 Å². The molecule has 0 bridgehead atoms. The van der Waals surface area contributed by atoms with Crippen LogP contribution in [0.25, 0.3) is 0 Å². The van der Waals surface area contributed by atoms with Gasteiger partial charge in [-0.05, 0) is 50.4 Å². The summed E-state index contributed by atoms with van der Waals surface area (Å²) in [6.45, 7) is 3.50. The number of rotatable bonds is 11. The molecular formula is C22H37O5P. The number of carbonyl (C=O) groups excluding carboxylic acids is 1. The first-order valence-corrected chi connectivity index (χ1v) is 13.0. The highest BCUT2D eigenvalue weighted by Gasteiger charge is 2.42. The Labute approximate surface area is 169 Å². The van der Waals surface area contributed by atoms with Gasteiger partial charge in [-0.2, -0.15) is 0 Å². The Morgan fingerprint density at radius 3 is 2.57 bits per heavy atom. The van der Waals surface area contributed by atoms with Crippen molar-refractivity contribution in [2.24, 2.45) is 17.3 Å². The van der Waals surface area contributed by atoms with Crippen molar-refractivity contribution >= 4 is 13.2 Å². The fourth-order valence-electron chi connectivity index (χ4n) is 4.56. The third-order valence-corrected chi connectivity index (χ3v) is 7.86. The lowest BCUT2D eigenvalue weighted by Crippen LogP contribution is -2.40. The maximum Gasteiger partial charge on any atom is 0.197 e. The van der Waals surface area contributed by atoms with Gasteiger partial charge in [0.25, 0.3) is 0 Å². The van der Waals surface area contributed by atoms with Gasteiger partial charge in [-0.15, -0.1) is 0 Å². The highest BCUT2D eigenvalue weighted by molar-refractivity contribution is 7.57. The van der Waals surface area contributed by atoms with Gasteiger partial charge in [0.1, 0.15) is 5.78 Å². The zero-order valence-electron chi connectivity index (χ0n) is 17.3. The van der Waals surface area contributed by atoms with Crippen LogP contribution >= 0.6 is 7.37 Å². The van der Waals surface area contributed by atoms with Gasteiger partial charge in [0.05, 0.1) is 12.2 Å². The topological polar surface area (TPSA) is 94.8 Å². The van der Waals surface area contributed by atoms with E-state index in [0.717, 1.165) is 19.3 Å². The van der Waals surface area contributed by atoms with Crippen LogP contribution in [0.4, 0.5) is 0 Å². The average Bonchev–Trinajstić information content (AvgIpc) is 2.83. The van der Waals surface area contributed by atoms with E-state index in [1.54, 1.807) is 0 Å². The summed E-state index contributed by atoms with van der Waals surface area (Å²) < 4.78 is 11.3. The number of aliphatic hydroxyl groups is 2. The first kappa shape index (κ1) is 23.5. The van der Waals surface area contributed by atoms with Crippen molar-refractivity contribution < 1.29 is 24.5 Å². The Hall–Kier alpha value is -0.740. The molecular weight excluding hydrogens is 375 g/mol. The molecule has 2 saturated carbocycles. The molecule has 6 heteroatoms. The summed E-state index contributed by atoms with van der Waals surface area (Å²) in [6, 6.07) is 0. The zero-order valence-corrected chi connectivity index (χ0v) is 18.2. The molecule has 5 unspecified atom stereocenters. The number of allylic oxidation sites excluding steroid dienone is 2. The van der Waals surface area contributed by atoms with E-state index in [9.17, 15) is 24.5 Å². The maximum atomic E-state index is 12.3. The molecule has 3 N–H and O–H groups in total. The number of carbonyl (C=O) groups is 1. The predicted molar refractivity (Wildman–Crippen MR) is 113 cm³/mol. The van der Waals surface area contributed by atoms with E-state index in [2.05, 4.69) is 6.92 Å². The Kier molecular flexibility index (Phi) is 8.69. The van der Waals surface area contributed by atoms with Crippen LogP contribution in [0, 0.1) is 17.3 Å². The Balaban J connectivity index is 1.84. The van der Waals surface area contributed by atoms with Crippen LogP contribution in [0.5, 0.6) is 0 Å². The number of hydrogen-bond donors (Lipinski definition) is 3. The van der Waals surface area contributed by atoms with Crippen molar-refractivity contribution in [3.63, 3.8) is 0 Å². The van der Waals surface area contributed by atoms with Crippen molar-refractivity contribution in [1.29, 1.82) is 0 Å². The fraction of sp³-hybridized carbons (Fsp3) is 0.773. The molecule has 0 amide bonds. The van der Waals surface area contributed by atoms with E-state index >= 15 is 0 Å². The minimum absolute atomic E-state index is 0.0631. The Morgan fingerprint density at radius 1 is 1.29 bits per heavy atom. The van der Waals surface area contributed by atoms with E-state index in [1.165, 1.54) is 13.1 Å². The van der Waals surface area contributed by atoms with Gasteiger partial charge >= 0.3 is 0 Å². The molecule has 2 rings (SSSR count). The maximum absolute atomic E-state index is 12.3. The molecule has 2 aliphatic carbocycles. The summed E-state index contributed by atoms with van der Waals surface area (Å²) in [7, 11) is -2.95. The smallest absolute Gasteiger partial charge is 0.197 e. The molecule has 0 aromatic carbocycles. The molecule has 2 fully saturated rings. The van der Waals surface area contributed by atoms with Crippen LogP contribution in [0.15, 0.2) is 24.3 Å². The van der Waals surface area contributed by atoms with Crippen molar-refractivity contribution in [3.8, 4) is 0 Å². The molecule has 5 nitrogen and oxygen atoms in total. The molecule has 0 heterocycles. The lowest BCUT2D eigenvalue weighted by atomic mass is 9.63. The number of hydrogen-bond acceptors (Lipinski definition) is 4. The van der Waals surface area contributed by atoms with Crippen molar-refractivity contribution in [1.82, 2.24) is 0 Å². The van der Waals surface area contributed by atoms with Gasteiger partial charge < -0.3 is 15.1 Å². The molecule has 0 aliphatic heterocycles. The highest BCUT2D eigenvalue weighted by Crippen LogP contribution is 2.47. The lowest BCUT2D eigenvalue weighted by Gasteiger charge is -2.45. The van der Waals surface area contributed by atoms with Gasteiger partial charge in [0, 0.05) is 31.1 Å². The van der Waals surface area contributed by atoms with Crippen LogP contribution in [-0.4, -0.2) is 45.9 Å². The van der Waals surface area contributed by atoms with Crippen LogP contribution in [0.2, 0.25) is 0 Å². The molecule has 160 valence electrons. The summed E-state index contributed by atoms with van der Waals surface area (Å²) in [4.78, 5) is 21.5. The van der Waals surface area contributed by atoms with Gasteiger partial charge in [-0.3, -0.25) is 9.36 Å². The minimum Gasteiger partial charge on any atom is -0.392 e. The summed E-state index contributed by atoms with van der Waals surface area (Å²) >= 11 is 0. The second kappa shape index (κ2) is 10.3. The van der Waals surface area contributed by atoms with Crippen molar-refractivity contribution in [3.05, 3.63) is 24.3 Å². The molecule has 0 aromatic rings. The quantitative estimate of drug-likeness (QED) is 0.270. The third kappa shape index (κ3) is 6.38. The van der Waals surface area contributed by atoms with Crippen LogP contribution in [-0.2, 0) is 9.36 Å². The molecule has 5 atom stereocenters. The SMILES string of the molecule is CCC1(C(O)C/C=C/C2C(O)CC(=O)C2C/C=C/CCCP(C)(=O)O)CCC1. The predicted octanol–water partition coefficient (Wildman–Crippen LogP) is 4.07. The number of unbranched alkanes of at least 4 members (excludes halogenated alkanes) is 1. The Bertz CT molecular complexity index is 611. The fourth-order valence-corrected chi connectivity index (χ4v) is 5.33. The summed E-state index contributed by atoms with van der Waals surface area (Å²) in [6.07, 6.45) is 14.2. The number of ketones is 1. The summed E-state index contributed by atoms with van der Waals surface area (Å²) in [5, 5.41) is 20.8. The monoisotopic (exact) mass is 412 g/mol. The van der Waals surface area contributed by atoms with Crippen LogP contribution in [0.1, 0.15) is 64.7 Å². The molecule has 0 aromatic heterocycles. The summed E-state index contributed by atoms with van der Waals surface area (Å²) in [5.41, 5.74) is 0.0631. The average molecular weight is 413 g/mol. The van der Waals surface area contributed by atoms with Gasteiger partial charge in [-0.1, -0.05) is 37.6 Å². The van der Waals surface area contributed by atoms with Gasteiger partial charge in [-0.25, -0.2) is 0 Å². The van der Waals surface area contributed by atoms with E-state index < -0.39 is 13.5 Å². The third-order valence-electron chi connectivity index (χ3n) is 6.71. The second-order valence-corrected chi connectivity index (χ2v) is 11.3. The molecule has 0 radical (unpaired) electrons. The second-order valence-electron chi connectivity index (χ2n) is 8.79. The largest absolute Gasteiger partial charge is 0.392 e.